The van der Waals surface area contributed by atoms with Crippen molar-refractivity contribution in [2.24, 2.45) is 5.92 Å². The molecule has 9 heteroatoms. The fourth-order valence-corrected chi connectivity index (χ4v) is 5.72. The minimum Gasteiger partial charge on any atom is -0.489 e. The van der Waals surface area contributed by atoms with Gasteiger partial charge >= 0.3 is 5.97 Å². The Morgan fingerprint density at radius 3 is 2.40 bits per heavy atom. The van der Waals surface area contributed by atoms with Crippen LogP contribution in [0.4, 0.5) is 5.69 Å². The van der Waals surface area contributed by atoms with Crippen LogP contribution < -0.4 is 15.0 Å². The minimum absolute atomic E-state index is 0.0463. The van der Waals surface area contributed by atoms with Gasteiger partial charge in [-0.1, -0.05) is 0 Å². The number of hydrogen-bond acceptors (Lipinski definition) is 6. The summed E-state index contributed by atoms with van der Waals surface area (Å²) >= 11 is 0. The number of ketones is 1. The summed E-state index contributed by atoms with van der Waals surface area (Å²) in [6, 6.07) is 5.05. The van der Waals surface area contributed by atoms with E-state index < -0.39 is 5.97 Å². The van der Waals surface area contributed by atoms with Gasteiger partial charge in [0.2, 0.25) is 5.91 Å². The number of anilines is 1. The van der Waals surface area contributed by atoms with Crippen molar-refractivity contribution in [3.8, 4) is 16.9 Å². The normalized spacial score (nSPS) is 21.1. The van der Waals surface area contributed by atoms with Gasteiger partial charge in [0.05, 0.1) is 30.5 Å². The molecular weight excluding hydrogens is 508 g/mol. The van der Waals surface area contributed by atoms with Gasteiger partial charge in [0.15, 0.2) is 0 Å². The van der Waals surface area contributed by atoms with Gasteiger partial charge in [-0.3, -0.25) is 14.3 Å². The van der Waals surface area contributed by atoms with E-state index in [4.69, 9.17) is 14.9 Å². The lowest BCUT2D eigenvalue weighted by Crippen LogP contribution is -2.43. The molecule has 6 rings (SSSR count). The highest BCUT2D eigenvalue weighted by molar-refractivity contribution is 5.99. The van der Waals surface area contributed by atoms with Gasteiger partial charge in [-0.25, -0.2) is 0 Å². The molecule has 2 aliphatic carbocycles. The van der Waals surface area contributed by atoms with E-state index in [2.05, 4.69) is 40.2 Å². The number of carboxylic acid groups (broad SMARTS) is 1. The predicted octanol–water partition coefficient (Wildman–Crippen LogP) is 4.92. The number of Topliss-reactive ketones (excluding diaryl/α,β-unsaturated/α-hetero) is 1. The Morgan fingerprint density at radius 1 is 1.05 bits per heavy atom. The Bertz CT molecular complexity index is 1210. The van der Waals surface area contributed by atoms with Crippen molar-refractivity contribution in [3.63, 3.8) is 0 Å². The van der Waals surface area contributed by atoms with E-state index in [0.29, 0.717) is 18.1 Å². The molecule has 0 bridgehead atoms. The number of carbonyl (C=O) groups is 3. The largest absolute Gasteiger partial charge is 0.489 e. The quantitative estimate of drug-likeness (QED) is 0.479. The first-order valence-electron chi connectivity index (χ1n) is 14.9. The van der Waals surface area contributed by atoms with Crippen LogP contribution in [0.2, 0.25) is 0 Å². The third-order valence-corrected chi connectivity index (χ3v) is 8.54. The molecule has 2 aromatic rings. The van der Waals surface area contributed by atoms with Gasteiger partial charge in [-0.15, -0.1) is 0 Å². The lowest BCUT2D eigenvalue weighted by atomic mass is 9.91. The van der Waals surface area contributed by atoms with Crippen LogP contribution >= 0.6 is 0 Å². The second-order valence-corrected chi connectivity index (χ2v) is 11.8. The van der Waals surface area contributed by atoms with Crippen LogP contribution in [0.15, 0.2) is 24.5 Å². The van der Waals surface area contributed by atoms with E-state index in [9.17, 15) is 14.4 Å². The van der Waals surface area contributed by atoms with Gasteiger partial charge < -0.3 is 24.9 Å². The third kappa shape index (κ3) is 6.57. The number of nitrogens with zero attached hydrogens (tertiary/aromatic N) is 3. The van der Waals surface area contributed by atoms with E-state index >= 15 is 0 Å². The molecular formula is C31H42N4O5. The Kier molecular flexibility index (Phi) is 8.88. The molecule has 3 fully saturated rings. The van der Waals surface area contributed by atoms with Crippen LogP contribution in [0, 0.1) is 5.92 Å². The average Bonchev–Trinajstić information content (AvgIpc) is 3.66. The molecule has 0 unspecified atom stereocenters. The van der Waals surface area contributed by atoms with Gasteiger partial charge in [0, 0.05) is 41.3 Å². The van der Waals surface area contributed by atoms with Crippen LogP contribution in [-0.2, 0) is 20.8 Å². The zero-order valence-corrected chi connectivity index (χ0v) is 23.7. The first-order chi connectivity index (χ1) is 19.3. The summed E-state index contributed by atoms with van der Waals surface area (Å²) in [6.07, 6.45) is 14.3. The van der Waals surface area contributed by atoms with Crippen molar-refractivity contribution in [1.82, 2.24) is 15.1 Å². The molecule has 4 aliphatic rings. The smallest absolute Gasteiger partial charge is 0.303 e. The summed E-state index contributed by atoms with van der Waals surface area (Å²) < 4.78 is 8.79. The molecule has 1 saturated heterocycles. The summed E-state index contributed by atoms with van der Waals surface area (Å²) in [6.45, 7) is 5.67. The lowest BCUT2D eigenvalue weighted by molar-refractivity contribution is -0.138. The fourth-order valence-electron chi connectivity index (χ4n) is 5.72. The number of carbonyl (C=O) groups excluding carboxylic acids is 2. The number of nitrogens with one attached hydrogen (secondary N) is 1. The highest BCUT2D eigenvalue weighted by Crippen LogP contribution is 2.46. The van der Waals surface area contributed by atoms with E-state index in [1.165, 1.54) is 18.9 Å². The second-order valence-electron chi connectivity index (χ2n) is 11.8. The third-order valence-electron chi connectivity index (χ3n) is 8.54. The molecule has 2 saturated carbocycles. The summed E-state index contributed by atoms with van der Waals surface area (Å²) in [5.41, 5.74) is 4.55. The maximum absolute atomic E-state index is 13.1. The summed E-state index contributed by atoms with van der Waals surface area (Å²) in [7, 11) is 0. The van der Waals surface area contributed by atoms with Crippen LogP contribution in [0.5, 0.6) is 5.75 Å². The molecule has 1 aromatic carbocycles. The molecule has 216 valence electrons. The molecule has 1 amide bonds. The second kappa shape index (κ2) is 12.5. The number of piperidine rings is 1. The zero-order valence-electron chi connectivity index (χ0n) is 23.7. The molecule has 9 nitrogen and oxygen atoms in total. The number of aliphatic carboxylic acids is 1. The first kappa shape index (κ1) is 28.3. The molecule has 3 heterocycles. The Morgan fingerprint density at radius 2 is 1.80 bits per heavy atom. The topological polar surface area (TPSA) is 114 Å². The summed E-state index contributed by atoms with van der Waals surface area (Å²) in [5.74, 6) is 0.534. The monoisotopic (exact) mass is 550 g/mol. The SMILES string of the molecule is CC(=O)CCC(=O)O.C[C@H]1CCc2c(ccc(-c3cnn(C4CCNCC4)c3)c2OC2CCC2)N1C(=O)C1CC1. The highest BCUT2D eigenvalue weighted by atomic mass is 16.5. The van der Waals surface area contributed by atoms with Crippen molar-refractivity contribution < 1.29 is 24.2 Å². The van der Waals surface area contributed by atoms with Crippen LogP contribution in [0.3, 0.4) is 0 Å². The van der Waals surface area contributed by atoms with Crippen LogP contribution in [-0.4, -0.2) is 57.8 Å². The van der Waals surface area contributed by atoms with Crippen LogP contribution in [0.1, 0.15) is 89.7 Å². The maximum Gasteiger partial charge on any atom is 0.303 e. The lowest BCUT2D eigenvalue weighted by Gasteiger charge is -2.38. The molecule has 40 heavy (non-hydrogen) atoms. The minimum atomic E-state index is -0.916. The Labute approximate surface area is 236 Å². The zero-order chi connectivity index (χ0) is 28.2. The number of amides is 1. The van der Waals surface area contributed by atoms with Crippen molar-refractivity contribution in [2.45, 2.75) is 103 Å². The number of fused-ring (bicyclic) bond motifs is 1. The number of ether oxygens (including phenoxy) is 1. The fraction of sp³-hybridized carbons (Fsp3) is 0.613. The molecule has 0 spiro atoms. The summed E-state index contributed by atoms with van der Waals surface area (Å²) in [5, 5.41) is 16.2. The van der Waals surface area contributed by atoms with E-state index in [-0.39, 0.29) is 30.6 Å². The van der Waals surface area contributed by atoms with Crippen molar-refractivity contribution in [2.75, 3.05) is 18.0 Å². The maximum atomic E-state index is 13.1. The van der Waals surface area contributed by atoms with Gasteiger partial charge in [0.25, 0.3) is 0 Å². The van der Waals surface area contributed by atoms with Crippen LogP contribution in [0.25, 0.3) is 11.1 Å². The average molecular weight is 551 g/mol. The van der Waals surface area contributed by atoms with Gasteiger partial charge in [-0.2, -0.15) is 5.10 Å². The molecule has 2 aliphatic heterocycles. The number of rotatable bonds is 8. The summed E-state index contributed by atoms with van der Waals surface area (Å²) in [4.78, 5) is 35.0. The highest BCUT2D eigenvalue weighted by Gasteiger charge is 2.39. The van der Waals surface area contributed by atoms with Crippen molar-refractivity contribution in [3.05, 3.63) is 30.1 Å². The first-order valence-corrected chi connectivity index (χ1v) is 14.9. The number of carboxylic acids is 1. The number of aromatic nitrogens is 2. The predicted molar refractivity (Wildman–Crippen MR) is 153 cm³/mol. The van der Waals surface area contributed by atoms with Gasteiger partial charge in [0.1, 0.15) is 11.5 Å². The number of hydrogen-bond donors (Lipinski definition) is 2. The standard InChI is InChI=1S/C26H34N4O2.C5H8O3/c1-17-5-8-23-24(30(17)26(31)18-6-7-18)10-9-22(25(23)32-21-3-2-4-21)19-15-28-29(16-19)20-11-13-27-14-12-20;1-4(6)2-3-5(7)8/h9-10,15-18,20-21,27H,2-8,11-14H2,1H3;2-3H2,1H3,(H,7,8)/t17-;/m0./s1. The van der Waals surface area contributed by atoms with Crippen molar-refractivity contribution >= 4 is 23.3 Å². The molecule has 2 N–H and O–H groups in total. The molecule has 1 aromatic heterocycles. The Hall–Kier alpha value is -3.20. The van der Waals surface area contributed by atoms with Crippen molar-refractivity contribution in [1.29, 1.82) is 0 Å². The van der Waals surface area contributed by atoms with E-state index in [1.807, 2.05) is 6.20 Å². The Balaban J connectivity index is 0.000000355. The van der Waals surface area contributed by atoms with E-state index in [1.54, 1.807) is 0 Å². The molecule has 0 radical (unpaired) electrons. The van der Waals surface area contributed by atoms with Gasteiger partial charge in [-0.05, 0) is 96.9 Å². The number of benzene rings is 1. The van der Waals surface area contributed by atoms with E-state index in [0.717, 1.165) is 87.0 Å². The molecule has 1 atom stereocenters.